The summed E-state index contributed by atoms with van der Waals surface area (Å²) in [5, 5.41) is 3.40. The molecule has 0 saturated carbocycles. The quantitative estimate of drug-likeness (QED) is 0.384. The minimum atomic E-state index is -2.89. The molecule has 3 aromatic rings. The molecule has 0 bridgehead atoms. The fraction of sp³-hybridized carbons (Fsp3) is 0.400. The first-order valence-electron chi connectivity index (χ1n) is 13.7. The van der Waals surface area contributed by atoms with Gasteiger partial charge in [-0.15, -0.1) is 11.8 Å². The van der Waals surface area contributed by atoms with E-state index < -0.39 is 43.0 Å². The standard InChI is InChI=1S/C30H37N3O6SSi/c1-6-21-18-33(28(36)32-27(21)35)26-17-24(39-29(37)31-20(2)34)25(40-26)19-38-41(30(3,4)5,22-13-9-7-10-14-22)23-15-11-8-12-16-23/h7-16,18,24-26H,6,17,19H2,1-5H3,(H,31,34,37)(H,32,35,36)/t24-,25+,26+/m0/s1. The van der Waals surface area contributed by atoms with E-state index in [9.17, 15) is 19.2 Å². The molecule has 0 spiro atoms. The number of thioether (sulfide) groups is 1. The van der Waals surface area contributed by atoms with Crippen LogP contribution in [-0.2, 0) is 20.4 Å². The number of nitrogens with zero attached hydrogens (tertiary/aromatic N) is 1. The van der Waals surface area contributed by atoms with Gasteiger partial charge in [0.15, 0.2) is 0 Å². The molecule has 11 heteroatoms. The van der Waals surface area contributed by atoms with E-state index in [0.717, 1.165) is 10.4 Å². The second-order valence-electron chi connectivity index (χ2n) is 11.1. The number of ether oxygens (including phenoxy) is 1. The lowest BCUT2D eigenvalue weighted by Crippen LogP contribution is -2.67. The average molecular weight is 596 g/mol. The van der Waals surface area contributed by atoms with E-state index in [2.05, 4.69) is 55.3 Å². The lowest BCUT2D eigenvalue weighted by molar-refractivity contribution is -0.118. The molecular formula is C30H37N3O6SSi. The van der Waals surface area contributed by atoms with Crippen LogP contribution in [0.15, 0.2) is 76.4 Å². The summed E-state index contributed by atoms with van der Waals surface area (Å²) in [5.41, 5.74) is -0.439. The number of aromatic amines is 1. The van der Waals surface area contributed by atoms with Crippen LogP contribution in [-0.4, -0.2) is 47.8 Å². The number of imide groups is 1. The Kier molecular flexibility index (Phi) is 9.40. The summed E-state index contributed by atoms with van der Waals surface area (Å²) in [6.07, 6.45) is 0.860. The van der Waals surface area contributed by atoms with Gasteiger partial charge in [-0.1, -0.05) is 88.4 Å². The van der Waals surface area contributed by atoms with E-state index in [0.29, 0.717) is 18.4 Å². The van der Waals surface area contributed by atoms with E-state index in [1.54, 1.807) is 6.20 Å². The van der Waals surface area contributed by atoms with Gasteiger partial charge in [0.25, 0.3) is 13.9 Å². The molecule has 2 aromatic carbocycles. The van der Waals surface area contributed by atoms with Crippen LogP contribution in [0.1, 0.15) is 52.0 Å². The Morgan fingerprint density at radius 1 is 1.05 bits per heavy atom. The summed E-state index contributed by atoms with van der Waals surface area (Å²) < 4.78 is 14.3. The third kappa shape index (κ3) is 6.58. The van der Waals surface area contributed by atoms with E-state index in [1.165, 1.54) is 23.3 Å². The van der Waals surface area contributed by atoms with Crippen molar-refractivity contribution in [3.8, 4) is 0 Å². The highest BCUT2D eigenvalue weighted by molar-refractivity contribution is 8.00. The molecule has 0 aliphatic carbocycles. The lowest BCUT2D eigenvalue weighted by Gasteiger charge is -2.43. The zero-order valence-corrected chi connectivity index (χ0v) is 25.8. The second kappa shape index (κ2) is 12.6. The maximum atomic E-state index is 12.8. The molecule has 1 aliphatic rings. The van der Waals surface area contributed by atoms with E-state index in [4.69, 9.17) is 9.16 Å². The number of aryl methyl sites for hydroxylation is 1. The van der Waals surface area contributed by atoms with Gasteiger partial charge in [0, 0.05) is 25.1 Å². The fourth-order valence-corrected chi connectivity index (χ4v) is 11.6. The number of aromatic nitrogens is 2. The number of carbonyl (C=O) groups is 2. The van der Waals surface area contributed by atoms with Gasteiger partial charge in [-0.2, -0.15) is 0 Å². The molecule has 9 nitrogen and oxygen atoms in total. The number of rotatable bonds is 8. The van der Waals surface area contributed by atoms with Gasteiger partial charge in [0.1, 0.15) is 6.10 Å². The predicted molar refractivity (Wildman–Crippen MR) is 163 cm³/mol. The van der Waals surface area contributed by atoms with Crippen molar-refractivity contribution in [1.82, 2.24) is 14.9 Å². The van der Waals surface area contributed by atoms with Gasteiger partial charge in [-0.25, -0.2) is 9.59 Å². The smallest absolute Gasteiger partial charge is 0.414 e. The van der Waals surface area contributed by atoms with Crippen molar-refractivity contribution in [1.29, 1.82) is 0 Å². The summed E-state index contributed by atoms with van der Waals surface area (Å²) in [6.45, 7) is 9.88. The predicted octanol–water partition coefficient (Wildman–Crippen LogP) is 3.32. The molecule has 4 rings (SSSR count). The van der Waals surface area contributed by atoms with Gasteiger partial charge in [-0.05, 0) is 21.8 Å². The number of hydrogen-bond donors (Lipinski definition) is 2. The second-order valence-corrected chi connectivity index (χ2v) is 16.9. The molecule has 2 N–H and O–H groups in total. The summed E-state index contributed by atoms with van der Waals surface area (Å²) in [4.78, 5) is 51.4. The minimum Gasteiger partial charge on any atom is -0.445 e. The van der Waals surface area contributed by atoms with Crippen LogP contribution in [0.3, 0.4) is 0 Å². The third-order valence-corrected chi connectivity index (χ3v) is 13.9. The van der Waals surface area contributed by atoms with Gasteiger partial charge in [-0.3, -0.25) is 24.5 Å². The molecule has 2 amide bonds. The number of H-pyrrole nitrogens is 1. The largest absolute Gasteiger partial charge is 0.445 e. The van der Waals surface area contributed by atoms with E-state index >= 15 is 0 Å². The van der Waals surface area contributed by atoms with Crippen molar-refractivity contribution in [2.75, 3.05) is 6.61 Å². The highest BCUT2D eigenvalue weighted by atomic mass is 32.2. The van der Waals surface area contributed by atoms with Gasteiger partial charge in [0.05, 0.1) is 17.2 Å². The van der Waals surface area contributed by atoms with Crippen LogP contribution >= 0.6 is 11.8 Å². The zero-order chi connectivity index (χ0) is 29.8. The number of nitrogens with one attached hydrogen (secondary N) is 2. The lowest BCUT2D eigenvalue weighted by atomic mass is 10.2. The van der Waals surface area contributed by atoms with E-state index in [1.807, 2.05) is 43.3 Å². The Morgan fingerprint density at radius 3 is 2.15 bits per heavy atom. The zero-order valence-electron chi connectivity index (χ0n) is 24.0. The number of amides is 2. The molecule has 218 valence electrons. The summed E-state index contributed by atoms with van der Waals surface area (Å²) in [7, 11) is -2.89. The Hall–Kier alpha value is -3.41. The summed E-state index contributed by atoms with van der Waals surface area (Å²) >= 11 is 1.46. The Labute approximate surface area is 244 Å². The van der Waals surface area contributed by atoms with Crippen LogP contribution in [0.25, 0.3) is 0 Å². The van der Waals surface area contributed by atoms with Crippen LogP contribution in [0.2, 0.25) is 5.04 Å². The molecule has 1 aromatic heterocycles. The topological polar surface area (TPSA) is 119 Å². The maximum absolute atomic E-state index is 12.8. The summed E-state index contributed by atoms with van der Waals surface area (Å²) in [5.74, 6) is -0.526. The Balaban J connectivity index is 1.72. The van der Waals surface area contributed by atoms with Crippen molar-refractivity contribution < 1.29 is 18.8 Å². The van der Waals surface area contributed by atoms with Crippen LogP contribution in [0.4, 0.5) is 4.79 Å². The van der Waals surface area contributed by atoms with Gasteiger partial charge < -0.3 is 9.16 Å². The first-order valence-corrected chi connectivity index (χ1v) is 16.5. The Morgan fingerprint density at radius 2 is 1.63 bits per heavy atom. The molecule has 0 unspecified atom stereocenters. The highest BCUT2D eigenvalue weighted by Crippen LogP contribution is 2.44. The van der Waals surface area contributed by atoms with Gasteiger partial charge >= 0.3 is 11.8 Å². The number of alkyl carbamates (subject to hydrolysis) is 1. The molecule has 0 radical (unpaired) electrons. The van der Waals surface area contributed by atoms with Gasteiger partial charge in [0.2, 0.25) is 5.91 Å². The highest BCUT2D eigenvalue weighted by Gasteiger charge is 2.51. The average Bonchev–Trinajstić information content (AvgIpc) is 3.31. The van der Waals surface area contributed by atoms with Crippen molar-refractivity contribution in [2.45, 2.75) is 69.2 Å². The van der Waals surface area contributed by atoms with Crippen molar-refractivity contribution in [2.24, 2.45) is 0 Å². The molecule has 1 saturated heterocycles. The molecular weight excluding hydrogens is 558 g/mol. The molecule has 1 aliphatic heterocycles. The molecule has 41 heavy (non-hydrogen) atoms. The minimum absolute atomic E-state index is 0.241. The SMILES string of the molecule is CCc1cn([C@H]2C[C@H](OC(=O)NC(C)=O)[C@@H](CO[Si](c3ccccc3)(c3ccccc3)C(C)(C)C)S2)c(=O)[nH]c1=O. The van der Waals surface area contributed by atoms with E-state index in [-0.39, 0.29) is 16.9 Å². The monoisotopic (exact) mass is 595 g/mol. The van der Waals surface area contributed by atoms with Crippen LogP contribution in [0.5, 0.6) is 0 Å². The maximum Gasteiger partial charge on any atom is 0.414 e. The number of carbonyl (C=O) groups excluding carboxylic acids is 2. The Bertz CT molecular complexity index is 1450. The third-order valence-electron chi connectivity index (χ3n) is 7.33. The van der Waals surface area contributed by atoms with Crippen LogP contribution in [0, 0.1) is 0 Å². The number of hydrogen-bond acceptors (Lipinski definition) is 7. The normalized spacial score (nSPS) is 19.1. The van der Waals surface area contributed by atoms with Crippen molar-refractivity contribution in [3.63, 3.8) is 0 Å². The first kappa shape index (κ1) is 30.5. The molecule has 3 atom stereocenters. The fourth-order valence-electron chi connectivity index (χ4n) is 5.42. The van der Waals surface area contributed by atoms with Crippen molar-refractivity contribution in [3.05, 3.63) is 93.3 Å². The number of benzene rings is 2. The summed E-state index contributed by atoms with van der Waals surface area (Å²) in [6, 6.07) is 20.5. The van der Waals surface area contributed by atoms with Crippen LogP contribution < -0.4 is 26.9 Å². The molecule has 2 heterocycles. The first-order chi connectivity index (χ1) is 19.5. The molecule has 1 fully saturated rings. The van der Waals surface area contributed by atoms with Crippen molar-refractivity contribution >= 4 is 42.5 Å².